The molecular formula is C24H21F3N6O5S. The molecule has 204 valence electrons. The van der Waals surface area contributed by atoms with E-state index < -0.39 is 34.9 Å². The number of rotatable bonds is 7. The van der Waals surface area contributed by atoms with E-state index in [0.29, 0.717) is 29.1 Å². The van der Waals surface area contributed by atoms with Gasteiger partial charge in [-0.2, -0.15) is 13.2 Å². The van der Waals surface area contributed by atoms with E-state index in [0.717, 1.165) is 11.6 Å². The average molecular weight is 563 g/mol. The van der Waals surface area contributed by atoms with Gasteiger partial charge in [0.05, 0.1) is 28.9 Å². The highest BCUT2D eigenvalue weighted by molar-refractivity contribution is 7.13. The number of thiazole rings is 1. The minimum absolute atomic E-state index is 0.00867. The normalized spacial score (nSPS) is 11.5. The van der Waals surface area contributed by atoms with Gasteiger partial charge in [-0.05, 0) is 26.0 Å². The lowest BCUT2D eigenvalue weighted by Crippen LogP contribution is -2.28. The summed E-state index contributed by atoms with van der Waals surface area (Å²) in [5, 5.41) is 24.8. The first-order valence-corrected chi connectivity index (χ1v) is 12.3. The summed E-state index contributed by atoms with van der Waals surface area (Å²) in [6, 6.07) is 2.08. The number of urea groups is 1. The van der Waals surface area contributed by atoms with Gasteiger partial charge >= 0.3 is 18.2 Å². The first-order valence-electron chi connectivity index (χ1n) is 11.4. The number of nitrogens with zero attached hydrogens (tertiary/aromatic N) is 4. The van der Waals surface area contributed by atoms with E-state index in [1.54, 1.807) is 13.8 Å². The summed E-state index contributed by atoms with van der Waals surface area (Å²) in [5.74, 6) is -1.44. The van der Waals surface area contributed by atoms with Gasteiger partial charge in [0.1, 0.15) is 16.4 Å². The van der Waals surface area contributed by atoms with Crippen molar-refractivity contribution in [2.24, 2.45) is 0 Å². The van der Waals surface area contributed by atoms with E-state index in [-0.39, 0.29) is 46.2 Å². The molecule has 0 atom stereocenters. The Hall–Kier alpha value is -4.37. The van der Waals surface area contributed by atoms with Crippen LogP contribution in [0.3, 0.4) is 0 Å². The Kier molecular flexibility index (Phi) is 7.65. The zero-order valence-electron chi connectivity index (χ0n) is 20.5. The smallest absolute Gasteiger partial charge is 0.434 e. The summed E-state index contributed by atoms with van der Waals surface area (Å²) in [4.78, 5) is 49.2. The standard InChI is InChI=1S/C24H21F3N6O5S/c1-3-28-23(38)32-18-7-12(21-31-17(10-39-21)24(25,26)27)14(8-29-18)16-6-13-19(11(2)30-16)33(4-5-34)9-15(20(13)35)22(36)37/h6-10,34H,3-5H2,1-2H3,(H,36,37)(H2,28,29,32,38). The van der Waals surface area contributed by atoms with Crippen LogP contribution in [-0.4, -0.2) is 54.9 Å². The van der Waals surface area contributed by atoms with Crippen LogP contribution in [0.2, 0.25) is 0 Å². The number of halogens is 3. The Morgan fingerprint density at radius 1 is 1.18 bits per heavy atom. The second-order valence-electron chi connectivity index (χ2n) is 8.22. The van der Waals surface area contributed by atoms with Crippen LogP contribution < -0.4 is 16.1 Å². The minimum atomic E-state index is -4.69. The highest BCUT2D eigenvalue weighted by Crippen LogP contribution is 2.38. The molecule has 4 N–H and O–H groups in total. The van der Waals surface area contributed by atoms with Crippen molar-refractivity contribution in [3.63, 3.8) is 0 Å². The number of carboxylic acid groups (broad SMARTS) is 1. The van der Waals surface area contributed by atoms with Crippen molar-refractivity contribution in [2.75, 3.05) is 18.5 Å². The zero-order chi connectivity index (χ0) is 28.5. The third kappa shape index (κ3) is 5.58. The highest BCUT2D eigenvalue weighted by Gasteiger charge is 2.34. The van der Waals surface area contributed by atoms with Crippen LogP contribution in [-0.2, 0) is 12.7 Å². The Morgan fingerprint density at radius 2 is 1.92 bits per heavy atom. The Balaban J connectivity index is 1.97. The fraction of sp³-hybridized carbons (Fsp3) is 0.250. The Bertz CT molecular complexity index is 1650. The van der Waals surface area contributed by atoms with E-state index in [1.807, 2.05) is 0 Å². The SMILES string of the molecule is CCNC(=O)Nc1cc(-c2nc(C(F)(F)F)cs2)c(-c2cc3c(=O)c(C(=O)O)cn(CCO)c3c(C)n2)cn1. The molecule has 0 radical (unpaired) electrons. The van der Waals surface area contributed by atoms with Gasteiger partial charge in [0, 0.05) is 42.0 Å². The number of aryl methyl sites for hydroxylation is 1. The number of aromatic carboxylic acids is 1. The maximum atomic E-state index is 13.3. The molecule has 4 aromatic rings. The van der Waals surface area contributed by atoms with Crippen molar-refractivity contribution >= 4 is 40.1 Å². The molecule has 2 amide bonds. The van der Waals surface area contributed by atoms with Gasteiger partial charge in [-0.3, -0.25) is 15.1 Å². The van der Waals surface area contributed by atoms with Crippen LogP contribution >= 0.6 is 11.3 Å². The zero-order valence-corrected chi connectivity index (χ0v) is 21.3. The van der Waals surface area contributed by atoms with Crippen molar-refractivity contribution in [3.8, 4) is 21.8 Å². The fourth-order valence-corrected chi connectivity index (χ4v) is 4.81. The van der Waals surface area contributed by atoms with E-state index in [4.69, 9.17) is 0 Å². The monoisotopic (exact) mass is 562 g/mol. The number of aliphatic hydroxyl groups is 1. The molecule has 0 bridgehead atoms. The Labute approximate surface area is 222 Å². The predicted octanol–water partition coefficient (Wildman–Crippen LogP) is 3.74. The summed E-state index contributed by atoms with van der Waals surface area (Å²) in [5.41, 5.74) is -1.38. The van der Waals surface area contributed by atoms with Crippen molar-refractivity contribution in [1.29, 1.82) is 0 Å². The average Bonchev–Trinajstić information content (AvgIpc) is 3.36. The molecule has 0 aliphatic heterocycles. The minimum Gasteiger partial charge on any atom is -0.477 e. The van der Waals surface area contributed by atoms with Crippen LogP contribution in [0.25, 0.3) is 32.7 Å². The summed E-state index contributed by atoms with van der Waals surface area (Å²) < 4.78 is 41.3. The fourth-order valence-electron chi connectivity index (χ4n) is 3.95. The van der Waals surface area contributed by atoms with E-state index >= 15 is 0 Å². The first-order chi connectivity index (χ1) is 18.4. The number of hydrogen-bond acceptors (Lipinski definition) is 8. The number of amides is 2. The molecular weight excluding hydrogens is 541 g/mol. The van der Waals surface area contributed by atoms with E-state index in [1.165, 1.54) is 22.9 Å². The molecule has 4 rings (SSSR count). The number of aliphatic hydroxyl groups excluding tert-OH is 1. The van der Waals surface area contributed by atoms with Crippen molar-refractivity contribution in [1.82, 2.24) is 24.8 Å². The van der Waals surface area contributed by atoms with Gasteiger partial charge in [0.2, 0.25) is 5.43 Å². The van der Waals surface area contributed by atoms with Crippen molar-refractivity contribution in [2.45, 2.75) is 26.6 Å². The number of aromatic nitrogens is 4. The largest absolute Gasteiger partial charge is 0.477 e. The molecule has 0 spiro atoms. The highest BCUT2D eigenvalue weighted by atomic mass is 32.1. The maximum absolute atomic E-state index is 13.3. The lowest BCUT2D eigenvalue weighted by molar-refractivity contribution is -0.140. The van der Waals surface area contributed by atoms with Crippen molar-refractivity contribution in [3.05, 3.63) is 57.1 Å². The van der Waals surface area contributed by atoms with E-state index in [9.17, 15) is 37.8 Å². The van der Waals surface area contributed by atoms with Crippen LogP contribution in [0.15, 0.2) is 34.7 Å². The number of carbonyl (C=O) groups excluding carboxylic acids is 1. The molecule has 15 heteroatoms. The second kappa shape index (κ2) is 10.8. The van der Waals surface area contributed by atoms with Gasteiger partial charge < -0.3 is 20.1 Å². The molecule has 39 heavy (non-hydrogen) atoms. The molecule has 11 nitrogen and oxygen atoms in total. The second-order valence-corrected chi connectivity index (χ2v) is 9.08. The number of nitrogens with one attached hydrogen (secondary N) is 2. The molecule has 0 aliphatic carbocycles. The van der Waals surface area contributed by atoms with Gasteiger partial charge in [-0.25, -0.2) is 19.6 Å². The third-order valence-corrected chi connectivity index (χ3v) is 6.46. The number of carboxylic acids is 1. The van der Waals surface area contributed by atoms with Crippen LogP contribution in [0, 0.1) is 6.92 Å². The van der Waals surface area contributed by atoms with Gasteiger partial charge in [0.15, 0.2) is 5.69 Å². The number of carbonyl (C=O) groups is 2. The number of pyridine rings is 3. The lowest BCUT2D eigenvalue weighted by Gasteiger charge is -2.15. The van der Waals surface area contributed by atoms with Crippen LogP contribution in [0.4, 0.5) is 23.8 Å². The van der Waals surface area contributed by atoms with Gasteiger partial charge in [-0.15, -0.1) is 11.3 Å². The number of alkyl halides is 3. The topological polar surface area (TPSA) is 159 Å². The molecule has 4 aromatic heterocycles. The number of fused-ring (bicyclic) bond motifs is 1. The lowest BCUT2D eigenvalue weighted by atomic mass is 10.0. The molecule has 0 aliphatic rings. The van der Waals surface area contributed by atoms with Crippen LogP contribution in [0.5, 0.6) is 0 Å². The van der Waals surface area contributed by atoms with Gasteiger partial charge in [0.25, 0.3) is 0 Å². The number of anilines is 1. The molecule has 4 heterocycles. The Morgan fingerprint density at radius 3 is 2.54 bits per heavy atom. The van der Waals surface area contributed by atoms with Crippen LogP contribution in [0.1, 0.15) is 28.7 Å². The molecule has 0 aromatic carbocycles. The predicted molar refractivity (Wildman–Crippen MR) is 137 cm³/mol. The summed E-state index contributed by atoms with van der Waals surface area (Å²) in [6.45, 7) is 3.25. The quantitative estimate of drug-likeness (QED) is 0.265. The summed E-state index contributed by atoms with van der Waals surface area (Å²) in [6.07, 6.45) is -2.29. The van der Waals surface area contributed by atoms with Gasteiger partial charge in [-0.1, -0.05) is 0 Å². The third-order valence-electron chi connectivity index (χ3n) is 5.58. The maximum Gasteiger partial charge on any atom is 0.434 e. The molecule has 0 fully saturated rings. The summed E-state index contributed by atoms with van der Waals surface area (Å²) in [7, 11) is 0. The molecule has 0 saturated carbocycles. The van der Waals surface area contributed by atoms with E-state index in [2.05, 4.69) is 25.6 Å². The first kappa shape index (κ1) is 27.7. The molecule has 0 unspecified atom stereocenters. The molecule has 0 saturated heterocycles. The van der Waals surface area contributed by atoms with Crippen molar-refractivity contribution < 1.29 is 33.0 Å². The summed E-state index contributed by atoms with van der Waals surface area (Å²) >= 11 is 0.716. The number of hydrogen-bond donors (Lipinski definition) is 4.